The summed E-state index contributed by atoms with van der Waals surface area (Å²) < 4.78 is 8.69. The first-order chi connectivity index (χ1) is 31.4. The normalized spacial score (nSPS) is 12.9. The Labute approximate surface area is 371 Å². The highest BCUT2D eigenvalue weighted by Crippen LogP contribution is 2.50. The topological polar surface area (TPSA) is 56.7 Å². The zero-order valence-electron chi connectivity index (χ0n) is 36.2. The Hall–Kier alpha value is -7.89. The highest BCUT2D eigenvalue weighted by molar-refractivity contribution is 6.21. The van der Waals surface area contributed by atoms with Crippen LogP contribution in [0.15, 0.2) is 186 Å². The van der Waals surface area contributed by atoms with Crippen molar-refractivity contribution in [3.63, 3.8) is 0 Å². The van der Waals surface area contributed by atoms with E-state index in [-0.39, 0.29) is 5.41 Å². The van der Waals surface area contributed by atoms with E-state index in [0.29, 0.717) is 17.6 Å². The minimum Gasteiger partial charge on any atom is -0.456 e. The third-order valence-corrected chi connectivity index (χ3v) is 13.0. The second kappa shape index (κ2) is 14.6. The van der Waals surface area contributed by atoms with E-state index in [0.717, 1.165) is 87.5 Å². The van der Waals surface area contributed by atoms with Crippen molar-refractivity contribution in [2.24, 2.45) is 0 Å². The Bertz CT molecular complexity index is 3830. The molecule has 0 saturated carbocycles. The molecule has 64 heavy (non-hydrogen) atoms. The number of furan rings is 1. The predicted octanol–water partition coefficient (Wildman–Crippen LogP) is 15.9. The van der Waals surface area contributed by atoms with Gasteiger partial charge in [0.2, 0.25) is 5.95 Å². The van der Waals surface area contributed by atoms with Crippen LogP contribution in [0.25, 0.3) is 116 Å². The number of nitrogens with zero attached hydrogens (tertiary/aromatic N) is 4. The van der Waals surface area contributed by atoms with Gasteiger partial charge in [0.05, 0.1) is 11.0 Å². The van der Waals surface area contributed by atoms with Crippen molar-refractivity contribution in [3.05, 3.63) is 193 Å². The molecule has 3 heterocycles. The maximum absolute atomic E-state index is 6.40. The SMILES string of the molecule is CC1(C)c2ccccc2-c2cc(-c3cccc4c5ccc6ccccc6c5n(-c5nc(-c6ccc7ccccc7c6)nc(-c6ccc7c(c6)oc6ccccc67)n5)c34)ccc21.CCC. The summed E-state index contributed by atoms with van der Waals surface area (Å²) >= 11 is 0. The summed E-state index contributed by atoms with van der Waals surface area (Å²) in [5.74, 6) is 1.72. The molecule has 3 aromatic heterocycles. The minimum absolute atomic E-state index is 0.0872. The Morgan fingerprint density at radius 3 is 1.84 bits per heavy atom. The fourth-order valence-corrected chi connectivity index (χ4v) is 10.1. The van der Waals surface area contributed by atoms with Crippen molar-refractivity contribution in [1.29, 1.82) is 0 Å². The monoisotopic (exact) mass is 824 g/mol. The van der Waals surface area contributed by atoms with E-state index in [2.05, 4.69) is 196 Å². The predicted molar refractivity (Wildman–Crippen MR) is 266 cm³/mol. The lowest BCUT2D eigenvalue weighted by atomic mass is 9.82. The first-order valence-electron chi connectivity index (χ1n) is 22.3. The van der Waals surface area contributed by atoms with Crippen LogP contribution in [0.3, 0.4) is 0 Å². The second-order valence-corrected chi connectivity index (χ2v) is 17.5. The lowest BCUT2D eigenvalue weighted by Gasteiger charge is -2.21. The van der Waals surface area contributed by atoms with E-state index >= 15 is 0 Å². The molecule has 0 spiro atoms. The van der Waals surface area contributed by atoms with Gasteiger partial charge in [-0.3, -0.25) is 4.57 Å². The molecule has 0 amide bonds. The van der Waals surface area contributed by atoms with Gasteiger partial charge in [-0.1, -0.05) is 186 Å². The van der Waals surface area contributed by atoms with Crippen LogP contribution in [0.4, 0.5) is 0 Å². The van der Waals surface area contributed by atoms with Crippen LogP contribution in [0.2, 0.25) is 0 Å². The maximum Gasteiger partial charge on any atom is 0.238 e. The summed E-state index contributed by atoms with van der Waals surface area (Å²) in [4.78, 5) is 16.1. The van der Waals surface area contributed by atoms with Crippen molar-refractivity contribution in [1.82, 2.24) is 19.5 Å². The van der Waals surface area contributed by atoms with Gasteiger partial charge in [-0.15, -0.1) is 0 Å². The Balaban J connectivity index is 0.00000141. The summed E-state index contributed by atoms with van der Waals surface area (Å²) in [6.07, 6.45) is 1.25. The molecule has 1 aliphatic carbocycles. The molecule has 0 saturated heterocycles. The molecule has 0 N–H and O–H groups in total. The van der Waals surface area contributed by atoms with Crippen LogP contribution < -0.4 is 0 Å². The molecule has 0 fully saturated rings. The van der Waals surface area contributed by atoms with Gasteiger partial charge in [0.25, 0.3) is 0 Å². The smallest absolute Gasteiger partial charge is 0.238 e. The van der Waals surface area contributed by atoms with Gasteiger partial charge in [0, 0.05) is 49.0 Å². The average Bonchev–Trinajstić information content (AvgIpc) is 3.96. The van der Waals surface area contributed by atoms with Crippen molar-refractivity contribution in [3.8, 4) is 51.0 Å². The fraction of sp³-hybridized carbons (Fsp3) is 0.102. The fourth-order valence-electron chi connectivity index (χ4n) is 10.1. The summed E-state index contributed by atoms with van der Waals surface area (Å²) in [5, 5.41) is 8.98. The lowest BCUT2D eigenvalue weighted by Crippen LogP contribution is -2.14. The third kappa shape index (κ3) is 5.81. The molecule has 12 aromatic rings. The van der Waals surface area contributed by atoms with E-state index in [1.807, 2.05) is 18.2 Å². The van der Waals surface area contributed by atoms with Crippen LogP contribution in [-0.4, -0.2) is 19.5 Å². The van der Waals surface area contributed by atoms with Gasteiger partial charge >= 0.3 is 0 Å². The largest absolute Gasteiger partial charge is 0.456 e. The van der Waals surface area contributed by atoms with E-state index in [1.165, 1.54) is 28.7 Å². The Kier molecular flexibility index (Phi) is 8.63. The Morgan fingerprint density at radius 1 is 0.422 bits per heavy atom. The number of hydrogen-bond donors (Lipinski definition) is 0. The van der Waals surface area contributed by atoms with E-state index in [1.54, 1.807) is 0 Å². The molecule has 0 unspecified atom stereocenters. The lowest BCUT2D eigenvalue weighted by molar-refractivity contribution is 0.660. The van der Waals surface area contributed by atoms with Gasteiger partial charge in [-0.05, 0) is 74.3 Å². The van der Waals surface area contributed by atoms with Gasteiger partial charge in [0.1, 0.15) is 11.2 Å². The number of rotatable bonds is 4. The molecule has 0 bridgehead atoms. The molecule has 9 aromatic carbocycles. The number of aromatic nitrogens is 4. The second-order valence-electron chi connectivity index (χ2n) is 17.5. The van der Waals surface area contributed by atoms with E-state index in [4.69, 9.17) is 19.4 Å². The van der Waals surface area contributed by atoms with Crippen molar-refractivity contribution in [2.45, 2.75) is 39.5 Å². The van der Waals surface area contributed by atoms with Crippen LogP contribution in [-0.2, 0) is 5.41 Å². The van der Waals surface area contributed by atoms with E-state index in [9.17, 15) is 0 Å². The quantitative estimate of drug-likeness (QED) is 0.177. The molecule has 1 aliphatic rings. The molecule has 0 atom stereocenters. The number of para-hydroxylation sites is 2. The molecule has 306 valence electrons. The Morgan fingerprint density at radius 2 is 1.00 bits per heavy atom. The van der Waals surface area contributed by atoms with E-state index < -0.39 is 0 Å². The molecular weight excluding hydrogens is 781 g/mol. The van der Waals surface area contributed by atoms with Crippen LogP contribution in [0, 0.1) is 0 Å². The molecule has 0 aliphatic heterocycles. The van der Waals surface area contributed by atoms with Gasteiger partial charge in [-0.2, -0.15) is 9.97 Å². The summed E-state index contributed by atoms with van der Waals surface area (Å²) in [7, 11) is 0. The highest BCUT2D eigenvalue weighted by atomic mass is 16.3. The summed E-state index contributed by atoms with van der Waals surface area (Å²) in [6, 6.07) is 64.9. The van der Waals surface area contributed by atoms with Gasteiger partial charge in [-0.25, -0.2) is 4.98 Å². The van der Waals surface area contributed by atoms with Gasteiger partial charge < -0.3 is 4.42 Å². The van der Waals surface area contributed by atoms with Crippen molar-refractivity contribution >= 4 is 65.3 Å². The highest BCUT2D eigenvalue weighted by Gasteiger charge is 2.35. The zero-order chi connectivity index (χ0) is 43.1. The number of benzene rings is 9. The number of hydrogen-bond acceptors (Lipinski definition) is 4. The first-order valence-corrected chi connectivity index (χ1v) is 22.3. The number of fused-ring (bicyclic) bond motifs is 12. The molecule has 0 radical (unpaired) electrons. The molecular formula is C59H44N4O. The van der Waals surface area contributed by atoms with Gasteiger partial charge in [0.15, 0.2) is 11.6 Å². The first kappa shape index (κ1) is 37.8. The maximum atomic E-state index is 6.40. The molecule has 13 rings (SSSR count). The third-order valence-electron chi connectivity index (χ3n) is 13.0. The summed E-state index contributed by atoms with van der Waals surface area (Å²) in [5.41, 5.74) is 13.0. The minimum atomic E-state index is -0.0872. The molecule has 5 heteroatoms. The van der Waals surface area contributed by atoms with Crippen LogP contribution >= 0.6 is 0 Å². The van der Waals surface area contributed by atoms with Crippen molar-refractivity contribution in [2.75, 3.05) is 0 Å². The average molecular weight is 825 g/mol. The van der Waals surface area contributed by atoms with Crippen molar-refractivity contribution < 1.29 is 4.42 Å². The standard InChI is InChI=1S/C56H36N4O.C3H8/c1-56(2)47-20-9-7-16-41(47)46-31-36(26-29-48(46)56)40-18-11-19-44-45-28-24-34-13-5-6-15-39(34)51(45)60(52(40)44)55-58-53(37-23-22-33-12-3-4-14-35(33)30-37)57-54(59-55)38-25-27-43-42-17-8-10-21-49(42)61-50(43)32-38;1-3-2/h3-32H,1-2H3;3H2,1-2H3. The molecule has 5 nitrogen and oxygen atoms in total. The van der Waals surface area contributed by atoms with Crippen LogP contribution in [0.1, 0.15) is 45.2 Å². The van der Waals surface area contributed by atoms with Crippen LogP contribution in [0.5, 0.6) is 0 Å². The zero-order valence-corrected chi connectivity index (χ0v) is 36.2. The summed E-state index contributed by atoms with van der Waals surface area (Å²) in [6.45, 7) is 8.91.